The molecule has 0 spiro atoms. The molecule has 1 aliphatic heterocycles. The number of halogens is 5. The van der Waals surface area contributed by atoms with Crippen LogP contribution in [0.25, 0.3) is 0 Å². The molecule has 1 saturated heterocycles. The molecule has 0 unspecified atom stereocenters. The molecule has 0 radical (unpaired) electrons. The molecule has 0 aliphatic carbocycles. The number of hydrogen-bond acceptors (Lipinski definition) is 5. The van der Waals surface area contributed by atoms with Gasteiger partial charge in [0, 0.05) is 0 Å². The van der Waals surface area contributed by atoms with Crippen molar-refractivity contribution in [3.63, 3.8) is 0 Å². The van der Waals surface area contributed by atoms with Crippen molar-refractivity contribution in [1.82, 2.24) is 4.90 Å². The predicted octanol–water partition coefficient (Wildman–Crippen LogP) is 2.85. The van der Waals surface area contributed by atoms with Gasteiger partial charge in [0.2, 0.25) is 0 Å². The zero-order valence-electron chi connectivity index (χ0n) is 12.4. The Kier molecular flexibility index (Phi) is 6.65. The second kappa shape index (κ2) is 7.55. The molecular formula is C13H17Cl2F3N2O3S. The molecule has 0 bridgehead atoms. The number of piperidine rings is 1. The van der Waals surface area contributed by atoms with Crippen LogP contribution in [-0.2, 0) is 9.84 Å². The lowest BCUT2D eigenvalue weighted by Crippen LogP contribution is -2.43. The van der Waals surface area contributed by atoms with Crippen molar-refractivity contribution in [1.29, 1.82) is 0 Å². The summed E-state index contributed by atoms with van der Waals surface area (Å²) < 4.78 is 62.4. The van der Waals surface area contributed by atoms with Crippen molar-refractivity contribution >= 4 is 39.5 Å². The van der Waals surface area contributed by atoms with E-state index in [-0.39, 0.29) is 49.0 Å². The molecule has 0 aromatic heterocycles. The van der Waals surface area contributed by atoms with Gasteiger partial charge in [0.25, 0.3) is 0 Å². The molecule has 0 atom stereocenters. The molecular weight excluding hydrogens is 392 g/mol. The summed E-state index contributed by atoms with van der Waals surface area (Å²) in [7, 11) is -3.98. The number of benzene rings is 1. The molecule has 11 heteroatoms. The highest BCUT2D eigenvalue weighted by atomic mass is 35.5. The summed E-state index contributed by atoms with van der Waals surface area (Å²) in [4.78, 5) is 0.709. The third-order valence-electron chi connectivity index (χ3n) is 3.78. The van der Waals surface area contributed by atoms with Crippen molar-refractivity contribution in [3.8, 4) is 5.75 Å². The van der Waals surface area contributed by atoms with Gasteiger partial charge in [0.15, 0.2) is 15.6 Å². The van der Waals surface area contributed by atoms with Crippen LogP contribution in [0.4, 0.5) is 18.9 Å². The number of phenolic OH excluding ortho intramolecular Hbond substituents is 1. The number of anilines is 1. The second-order valence-corrected chi connectivity index (χ2v) is 8.02. The lowest BCUT2D eigenvalue weighted by atomic mass is 10.1. The molecule has 1 aromatic rings. The van der Waals surface area contributed by atoms with E-state index >= 15 is 0 Å². The Morgan fingerprint density at radius 1 is 1.29 bits per heavy atom. The Morgan fingerprint density at radius 3 is 2.33 bits per heavy atom. The maximum Gasteiger partial charge on any atom is 0.401 e. The number of aromatic hydroxyl groups is 1. The maximum atomic E-state index is 12.6. The number of likely N-dealkylation sites (tertiary alicyclic amines) is 1. The first-order valence-electron chi connectivity index (χ1n) is 6.82. The highest BCUT2D eigenvalue weighted by Crippen LogP contribution is 2.39. The summed E-state index contributed by atoms with van der Waals surface area (Å²) in [6.45, 7) is -1.06. The first kappa shape index (κ1) is 21.1. The van der Waals surface area contributed by atoms with Gasteiger partial charge in [-0.25, -0.2) is 8.42 Å². The van der Waals surface area contributed by atoms with E-state index < -0.39 is 38.5 Å². The van der Waals surface area contributed by atoms with E-state index in [1.807, 2.05) is 0 Å². The second-order valence-electron chi connectivity index (χ2n) is 5.45. The van der Waals surface area contributed by atoms with Gasteiger partial charge in [0.05, 0.1) is 22.5 Å². The van der Waals surface area contributed by atoms with Gasteiger partial charge < -0.3 is 10.8 Å². The van der Waals surface area contributed by atoms with Crippen LogP contribution in [0.3, 0.4) is 0 Å². The monoisotopic (exact) mass is 408 g/mol. The highest BCUT2D eigenvalue weighted by Gasteiger charge is 2.38. The summed E-state index contributed by atoms with van der Waals surface area (Å²) in [5.74, 6) is -0.616. The Bertz CT molecular complexity index is 690. The SMILES string of the molecule is Cl.Nc1ccc(Cl)c(S(=O)(=O)C2CCN(CC(F)(F)F)CC2)c1O. The molecule has 1 aliphatic rings. The van der Waals surface area contributed by atoms with E-state index in [0.29, 0.717) is 0 Å². The van der Waals surface area contributed by atoms with Crippen LogP contribution >= 0.6 is 24.0 Å². The topological polar surface area (TPSA) is 83.6 Å². The fourth-order valence-electron chi connectivity index (χ4n) is 2.63. The summed E-state index contributed by atoms with van der Waals surface area (Å²) >= 11 is 5.87. The zero-order valence-corrected chi connectivity index (χ0v) is 14.8. The first-order valence-corrected chi connectivity index (χ1v) is 8.75. The average Bonchev–Trinajstić information content (AvgIpc) is 2.42. The summed E-state index contributed by atoms with van der Waals surface area (Å²) in [6.07, 6.45) is -4.26. The van der Waals surface area contributed by atoms with Gasteiger partial charge >= 0.3 is 6.18 Å². The Morgan fingerprint density at radius 2 is 1.83 bits per heavy atom. The minimum absolute atomic E-state index is 0. The quantitative estimate of drug-likeness (QED) is 0.593. The standard InChI is InChI=1S/C13H16ClF3N2O3S.ClH/c14-9-1-2-10(18)11(20)12(9)23(21,22)8-3-5-19(6-4-8)7-13(15,16)17;/h1-2,8,20H,3-7,18H2;1H. The van der Waals surface area contributed by atoms with Crippen molar-refractivity contribution in [3.05, 3.63) is 17.2 Å². The fourth-order valence-corrected chi connectivity index (χ4v) is 5.00. The van der Waals surface area contributed by atoms with E-state index in [4.69, 9.17) is 17.3 Å². The average molecular weight is 409 g/mol. The Labute approximate surface area is 148 Å². The van der Waals surface area contributed by atoms with Crippen molar-refractivity contribution in [2.45, 2.75) is 29.2 Å². The number of sulfone groups is 1. The lowest BCUT2D eigenvalue weighted by molar-refractivity contribution is -0.147. The van der Waals surface area contributed by atoms with Crippen molar-refractivity contribution in [2.24, 2.45) is 0 Å². The van der Waals surface area contributed by atoms with Crippen LogP contribution in [0.5, 0.6) is 5.75 Å². The van der Waals surface area contributed by atoms with E-state index in [1.165, 1.54) is 12.1 Å². The molecule has 0 amide bonds. The number of rotatable bonds is 3. The third-order valence-corrected chi connectivity index (χ3v) is 6.53. The molecule has 1 heterocycles. The number of phenols is 1. The van der Waals surface area contributed by atoms with Crippen molar-refractivity contribution < 1.29 is 26.7 Å². The number of alkyl halides is 3. The van der Waals surface area contributed by atoms with E-state index in [2.05, 4.69) is 0 Å². The minimum atomic E-state index is -4.32. The summed E-state index contributed by atoms with van der Waals surface area (Å²) in [6, 6.07) is 2.55. The molecule has 0 saturated carbocycles. The molecule has 2 rings (SSSR count). The normalized spacial score (nSPS) is 17.5. The van der Waals surface area contributed by atoms with Crippen LogP contribution < -0.4 is 5.73 Å². The van der Waals surface area contributed by atoms with Gasteiger partial charge in [-0.3, -0.25) is 4.90 Å². The van der Waals surface area contributed by atoms with Gasteiger partial charge in [-0.05, 0) is 38.1 Å². The smallest absolute Gasteiger partial charge is 0.401 e. The Balaban J connectivity index is 0.00000288. The molecule has 5 nitrogen and oxygen atoms in total. The number of nitrogens with two attached hydrogens (primary N) is 1. The maximum absolute atomic E-state index is 12.6. The molecule has 24 heavy (non-hydrogen) atoms. The van der Waals surface area contributed by atoms with E-state index in [0.717, 1.165) is 4.90 Å². The van der Waals surface area contributed by atoms with Gasteiger partial charge in [-0.2, -0.15) is 13.2 Å². The molecule has 3 N–H and O–H groups in total. The van der Waals surface area contributed by atoms with Crippen LogP contribution in [0.2, 0.25) is 5.02 Å². The van der Waals surface area contributed by atoms with Crippen molar-refractivity contribution in [2.75, 3.05) is 25.4 Å². The van der Waals surface area contributed by atoms with Crippen LogP contribution in [0.15, 0.2) is 17.0 Å². The predicted molar refractivity (Wildman–Crippen MR) is 87.5 cm³/mol. The Hall–Kier alpha value is -0.900. The van der Waals surface area contributed by atoms with E-state index in [9.17, 15) is 26.7 Å². The number of hydrogen-bond donors (Lipinski definition) is 2. The van der Waals surface area contributed by atoms with Crippen LogP contribution in [0.1, 0.15) is 12.8 Å². The number of nitrogens with zero attached hydrogens (tertiary/aromatic N) is 1. The third kappa shape index (κ3) is 4.59. The number of nitrogen functional groups attached to an aromatic ring is 1. The van der Waals surface area contributed by atoms with Gasteiger partial charge in [0.1, 0.15) is 4.90 Å². The zero-order chi connectivity index (χ0) is 17.4. The van der Waals surface area contributed by atoms with Crippen LogP contribution in [-0.4, -0.2) is 49.5 Å². The molecule has 1 fully saturated rings. The molecule has 138 valence electrons. The van der Waals surface area contributed by atoms with Crippen LogP contribution in [0, 0.1) is 0 Å². The summed E-state index contributed by atoms with van der Waals surface area (Å²) in [5.41, 5.74) is 5.38. The molecule has 1 aromatic carbocycles. The largest absolute Gasteiger partial charge is 0.504 e. The van der Waals surface area contributed by atoms with E-state index in [1.54, 1.807) is 0 Å². The summed E-state index contributed by atoms with van der Waals surface area (Å²) in [5, 5.41) is 8.84. The fraction of sp³-hybridized carbons (Fsp3) is 0.538. The first-order chi connectivity index (χ1) is 10.5. The minimum Gasteiger partial charge on any atom is -0.504 e. The van der Waals surface area contributed by atoms with Gasteiger partial charge in [-0.1, -0.05) is 11.6 Å². The highest BCUT2D eigenvalue weighted by molar-refractivity contribution is 7.92. The van der Waals surface area contributed by atoms with Gasteiger partial charge in [-0.15, -0.1) is 12.4 Å². The lowest BCUT2D eigenvalue weighted by Gasteiger charge is -2.32.